The van der Waals surface area contributed by atoms with Crippen LogP contribution in [0.3, 0.4) is 0 Å². The number of carbonyl (C=O) groups excluding carboxylic acids is 1. The minimum absolute atomic E-state index is 0.268. The van der Waals surface area contributed by atoms with Crippen LogP contribution in [0.5, 0.6) is 0 Å². The number of aldehydes is 1. The molecule has 170 valence electrons. The number of carbonyl (C=O) groups is 1. The number of nitrogens with zero attached hydrogens (tertiary/aromatic N) is 1. The van der Waals surface area contributed by atoms with E-state index in [1.807, 2.05) is 48.5 Å². The van der Waals surface area contributed by atoms with E-state index in [-0.39, 0.29) is 12.4 Å². The maximum absolute atomic E-state index is 13.2. The molecule has 1 atom stereocenters. The second-order valence-corrected chi connectivity index (χ2v) is 9.52. The summed E-state index contributed by atoms with van der Waals surface area (Å²) in [5.41, 5.74) is 2.85. The van der Waals surface area contributed by atoms with E-state index < -0.39 is 10.8 Å². The molecule has 0 saturated carbocycles. The van der Waals surface area contributed by atoms with Crippen molar-refractivity contribution in [1.82, 2.24) is 0 Å². The van der Waals surface area contributed by atoms with Crippen LogP contribution in [0.1, 0.15) is 17.4 Å². The lowest BCUT2D eigenvalue weighted by Crippen LogP contribution is -2.20. The second kappa shape index (κ2) is 12.6. The summed E-state index contributed by atoms with van der Waals surface area (Å²) in [6.45, 7) is 2.22. The Morgan fingerprint density at radius 2 is 1.88 bits per heavy atom. The fraction of sp³-hybridized carbons (Fsp3) is 0.208. The van der Waals surface area contributed by atoms with Gasteiger partial charge < -0.3 is 14.8 Å². The highest BCUT2D eigenvalue weighted by molar-refractivity contribution is 7.85. The molecule has 1 aromatic heterocycles. The Morgan fingerprint density at radius 1 is 1.19 bits per heavy atom. The van der Waals surface area contributed by atoms with Crippen LogP contribution in [0.4, 0.5) is 10.1 Å². The van der Waals surface area contributed by atoms with E-state index in [9.17, 15) is 13.4 Å². The van der Waals surface area contributed by atoms with Crippen LogP contribution in [0.2, 0.25) is 5.02 Å². The topological polar surface area (TPSA) is 57.6 Å². The van der Waals surface area contributed by atoms with Crippen molar-refractivity contribution >= 4 is 51.3 Å². The summed E-state index contributed by atoms with van der Waals surface area (Å²) in [7, 11) is 1.46. The van der Waals surface area contributed by atoms with Crippen molar-refractivity contribution in [3.05, 3.63) is 81.3 Å². The molecule has 1 N–H and O–H groups in total. The van der Waals surface area contributed by atoms with Gasteiger partial charge in [0.05, 0.1) is 22.2 Å². The highest BCUT2D eigenvalue weighted by Crippen LogP contribution is 2.35. The van der Waals surface area contributed by atoms with E-state index in [0.29, 0.717) is 16.3 Å². The van der Waals surface area contributed by atoms with Gasteiger partial charge in [-0.3, -0.25) is 0 Å². The number of likely N-dealkylation sites (N-methyl/N-ethyl adjacent to an activating group) is 1. The average Bonchev–Trinajstić information content (AvgIpc) is 3.27. The third-order valence-corrected chi connectivity index (χ3v) is 7.46. The number of hydrogen-bond donors (Lipinski definition) is 1. The summed E-state index contributed by atoms with van der Waals surface area (Å²) in [5, 5.41) is 9.52. The van der Waals surface area contributed by atoms with Gasteiger partial charge in [0.1, 0.15) is 12.1 Å². The molecule has 0 bridgehead atoms. The van der Waals surface area contributed by atoms with Crippen LogP contribution in [0.15, 0.2) is 69.8 Å². The number of hydrogen-bond acceptors (Lipinski definition) is 5. The average molecular weight is 494 g/mol. The van der Waals surface area contributed by atoms with Gasteiger partial charge in [-0.15, -0.1) is 11.3 Å². The molecule has 0 radical (unpaired) electrons. The summed E-state index contributed by atoms with van der Waals surface area (Å²) < 4.78 is 26.3. The number of anilines is 1. The van der Waals surface area contributed by atoms with Gasteiger partial charge in [0.25, 0.3) is 0 Å². The van der Waals surface area contributed by atoms with Gasteiger partial charge in [-0.25, -0.2) is 8.60 Å². The van der Waals surface area contributed by atoms with Gasteiger partial charge in [0.2, 0.25) is 0 Å². The minimum Gasteiger partial charge on any atom is -0.400 e. The molecule has 1 unspecified atom stereocenters. The Labute approximate surface area is 199 Å². The first-order valence-corrected chi connectivity index (χ1v) is 12.1. The van der Waals surface area contributed by atoms with Crippen LogP contribution in [0, 0.1) is 5.82 Å². The first kappa shape index (κ1) is 25.9. The van der Waals surface area contributed by atoms with E-state index in [1.165, 1.54) is 23.5 Å². The van der Waals surface area contributed by atoms with Gasteiger partial charge in [-0.05, 0) is 66.4 Å². The summed E-state index contributed by atoms with van der Waals surface area (Å²) in [6.07, 6.45) is 3.43. The van der Waals surface area contributed by atoms with E-state index in [2.05, 4.69) is 0 Å². The zero-order valence-corrected chi connectivity index (χ0v) is 20.4. The molecule has 3 aromatic rings. The maximum atomic E-state index is 13.2. The van der Waals surface area contributed by atoms with Crippen molar-refractivity contribution in [3.63, 3.8) is 0 Å². The van der Waals surface area contributed by atoms with E-state index >= 15 is 0 Å². The maximum Gasteiger partial charge on any atom is 0.139 e. The summed E-state index contributed by atoms with van der Waals surface area (Å²) in [4.78, 5) is 15.1. The van der Waals surface area contributed by atoms with Crippen molar-refractivity contribution in [2.24, 2.45) is 0 Å². The molecule has 0 aliphatic rings. The lowest BCUT2D eigenvalue weighted by molar-refractivity contribution is -0.106. The monoisotopic (exact) mass is 493 g/mol. The predicted molar refractivity (Wildman–Crippen MR) is 132 cm³/mol. The van der Waals surface area contributed by atoms with Gasteiger partial charge in [0.15, 0.2) is 0 Å². The number of benzene rings is 2. The third kappa shape index (κ3) is 6.36. The molecule has 0 spiro atoms. The smallest absolute Gasteiger partial charge is 0.139 e. The molecule has 0 aliphatic heterocycles. The van der Waals surface area contributed by atoms with Crippen molar-refractivity contribution in [2.75, 3.05) is 25.6 Å². The zero-order valence-electron chi connectivity index (χ0n) is 18.0. The molecular formula is C24H25ClFNO3S2. The van der Waals surface area contributed by atoms with Crippen LogP contribution >= 0.6 is 22.9 Å². The Hall–Kier alpha value is -2.32. The SMILES string of the molecule is C/C=C(\Cc1sccc1S(=O)c1ccc(F)cc1)c1cc(Cl)ccc1N(C)CC=O.CO. The Balaban J connectivity index is 0.00000176. The number of allylic oxidation sites excluding steroid dienone is 2. The number of aliphatic hydroxyl groups is 1. The molecular weight excluding hydrogens is 469 g/mol. The Kier molecular flexibility index (Phi) is 10.3. The Morgan fingerprint density at radius 3 is 2.50 bits per heavy atom. The second-order valence-electron chi connectivity index (χ2n) is 6.63. The van der Waals surface area contributed by atoms with Gasteiger partial charge in [0, 0.05) is 46.6 Å². The summed E-state index contributed by atoms with van der Waals surface area (Å²) >= 11 is 7.80. The summed E-state index contributed by atoms with van der Waals surface area (Å²) in [5.74, 6) is -0.356. The number of thiophene rings is 1. The third-order valence-electron chi connectivity index (χ3n) is 4.70. The van der Waals surface area contributed by atoms with Crippen LogP contribution in [0.25, 0.3) is 5.57 Å². The van der Waals surface area contributed by atoms with Gasteiger partial charge in [-0.1, -0.05) is 17.7 Å². The first-order valence-electron chi connectivity index (χ1n) is 9.73. The summed E-state index contributed by atoms with van der Waals surface area (Å²) in [6, 6.07) is 13.2. The Bertz CT molecular complexity index is 1100. The largest absolute Gasteiger partial charge is 0.400 e. The lowest BCUT2D eigenvalue weighted by Gasteiger charge is -2.22. The van der Waals surface area contributed by atoms with Crippen LogP contribution in [-0.4, -0.2) is 36.3 Å². The minimum atomic E-state index is -1.40. The van der Waals surface area contributed by atoms with E-state index in [4.69, 9.17) is 16.7 Å². The number of halogens is 2. The van der Waals surface area contributed by atoms with Crippen LogP contribution in [-0.2, 0) is 22.0 Å². The molecule has 0 amide bonds. The first-order chi connectivity index (χ1) is 15.4. The molecule has 3 rings (SSSR count). The van der Waals surface area contributed by atoms with Crippen molar-refractivity contribution in [1.29, 1.82) is 0 Å². The predicted octanol–water partition coefficient (Wildman–Crippen LogP) is 5.60. The van der Waals surface area contributed by atoms with Crippen molar-refractivity contribution in [3.8, 4) is 0 Å². The molecule has 2 aromatic carbocycles. The molecule has 0 saturated heterocycles. The van der Waals surface area contributed by atoms with Gasteiger partial charge >= 0.3 is 0 Å². The van der Waals surface area contributed by atoms with E-state index in [1.54, 1.807) is 18.2 Å². The standard InChI is InChI=1S/C23H21ClFNO2S2.CH4O/c1-3-16(20-15-17(24)4-9-21(20)26(2)11-12-27)14-22-23(10-13-29-22)30(28)19-7-5-18(25)6-8-19;1-2/h3-10,12-13,15H,11,14H2,1-2H3;2H,1H3/b16-3+;. The fourth-order valence-electron chi connectivity index (χ4n) is 3.14. The molecule has 0 fully saturated rings. The fourth-order valence-corrected chi connectivity index (χ4v) is 5.67. The molecule has 4 nitrogen and oxygen atoms in total. The van der Waals surface area contributed by atoms with Crippen LogP contribution < -0.4 is 4.90 Å². The zero-order chi connectivity index (χ0) is 23.7. The quantitative estimate of drug-likeness (QED) is 0.415. The molecule has 0 aliphatic carbocycles. The highest BCUT2D eigenvalue weighted by atomic mass is 35.5. The number of rotatable bonds is 8. The molecule has 8 heteroatoms. The number of aliphatic hydroxyl groups excluding tert-OH is 1. The van der Waals surface area contributed by atoms with E-state index in [0.717, 1.165) is 40.0 Å². The van der Waals surface area contributed by atoms with Crippen molar-refractivity contribution in [2.45, 2.75) is 23.1 Å². The molecule has 32 heavy (non-hydrogen) atoms. The normalized spacial score (nSPS) is 12.0. The molecule has 1 heterocycles. The highest BCUT2D eigenvalue weighted by Gasteiger charge is 2.18. The van der Waals surface area contributed by atoms with Gasteiger partial charge in [-0.2, -0.15) is 0 Å². The van der Waals surface area contributed by atoms with Crippen molar-refractivity contribution < 1.29 is 18.5 Å². The lowest BCUT2D eigenvalue weighted by atomic mass is 9.99.